The van der Waals surface area contributed by atoms with Crippen molar-refractivity contribution in [3.05, 3.63) is 59.6 Å². The molecule has 1 amide bonds. The van der Waals surface area contributed by atoms with Gasteiger partial charge in [-0.3, -0.25) is 4.79 Å². The molecule has 2 heterocycles. The molecule has 0 radical (unpaired) electrons. The Bertz CT molecular complexity index is 892. The van der Waals surface area contributed by atoms with Gasteiger partial charge in [-0.1, -0.05) is 12.1 Å². The number of carbonyl (C=O) groups is 1. The number of aryl methyl sites for hydroxylation is 1. The van der Waals surface area contributed by atoms with Gasteiger partial charge in [0.15, 0.2) is 0 Å². The standard InChI is InChI=1S/C19H22N2O4S/c1-15-4-7-17(25-15)8-11-19(22)20-14-16-5-9-18(10-6-16)26(23,24)21-12-2-3-13-21/h4-11H,2-3,12-14H2,1H3,(H,20,22). The molecule has 2 aromatic rings. The zero-order chi connectivity index (χ0) is 18.6. The summed E-state index contributed by atoms with van der Waals surface area (Å²) in [5.74, 6) is 1.16. The maximum absolute atomic E-state index is 12.5. The highest BCUT2D eigenvalue weighted by atomic mass is 32.2. The van der Waals surface area contributed by atoms with Crippen LogP contribution in [-0.4, -0.2) is 31.7 Å². The highest BCUT2D eigenvalue weighted by molar-refractivity contribution is 7.89. The minimum absolute atomic E-state index is 0.243. The summed E-state index contributed by atoms with van der Waals surface area (Å²) in [4.78, 5) is 12.1. The van der Waals surface area contributed by atoms with E-state index in [1.165, 1.54) is 10.4 Å². The van der Waals surface area contributed by atoms with Gasteiger partial charge in [0.2, 0.25) is 15.9 Å². The SMILES string of the molecule is Cc1ccc(C=CC(=O)NCc2ccc(S(=O)(=O)N3CCCC3)cc2)o1. The Morgan fingerprint density at radius 3 is 2.46 bits per heavy atom. The van der Waals surface area contributed by atoms with Crippen molar-refractivity contribution in [1.29, 1.82) is 0 Å². The third-order valence-electron chi connectivity index (χ3n) is 4.25. The quantitative estimate of drug-likeness (QED) is 0.789. The van der Waals surface area contributed by atoms with Crippen molar-refractivity contribution in [2.75, 3.05) is 13.1 Å². The Morgan fingerprint density at radius 2 is 1.85 bits per heavy atom. The molecule has 1 aromatic heterocycles. The van der Waals surface area contributed by atoms with E-state index in [4.69, 9.17) is 4.42 Å². The van der Waals surface area contributed by atoms with Gasteiger partial charge in [0, 0.05) is 25.7 Å². The molecule has 1 aromatic carbocycles. The van der Waals surface area contributed by atoms with Gasteiger partial charge in [-0.15, -0.1) is 0 Å². The molecule has 0 aliphatic carbocycles. The van der Waals surface area contributed by atoms with Crippen LogP contribution >= 0.6 is 0 Å². The lowest BCUT2D eigenvalue weighted by Crippen LogP contribution is -2.27. The molecule has 7 heteroatoms. The van der Waals surface area contributed by atoms with Crippen molar-refractivity contribution in [2.45, 2.75) is 31.2 Å². The molecule has 0 unspecified atom stereocenters. The van der Waals surface area contributed by atoms with Gasteiger partial charge >= 0.3 is 0 Å². The highest BCUT2D eigenvalue weighted by Gasteiger charge is 2.26. The third-order valence-corrected chi connectivity index (χ3v) is 6.17. The predicted octanol–water partition coefficient (Wildman–Crippen LogP) is 2.70. The Balaban J connectivity index is 1.56. The van der Waals surface area contributed by atoms with E-state index in [1.54, 1.807) is 36.4 Å². The number of sulfonamides is 1. The first-order chi connectivity index (χ1) is 12.4. The van der Waals surface area contributed by atoms with Gasteiger partial charge < -0.3 is 9.73 Å². The van der Waals surface area contributed by atoms with Gasteiger partial charge in [0.1, 0.15) is 11.5 Å². The van der Waals surface area contributed by atoms with Crippen LogP contribution in [0.1, 0.15) is 29.9 Å². The van der Waals surface area contributed by atoms with E-state index >= 15 is 0 Å². The molecular formula is C19H22N2O4S. The van der Waals surface area contributed by atoms with Crippen molar-refractivity contribution in [3.63, 3.8) is 0 Å². The Hall–Kier alpha value is -2.38. The fourth-order valence-corrected chi connectivity index (χ4v) is 4.32. The fourth-order valence-electron chi connectivity index (χ4n) is 2.81. The van der Waals surface area contributed by atoms with Crippen LogP contribution in [0.4, 0.5) is 0 Å². The molecule has 3 rings (SSSR count). The first-order valence-electron chi connectivity index (χ1n) is 8.56. The van der Waals surface area contributed by atoms with Crippen molar-refractivity contribution >= 4 is 22.0 Å². The Labute approximate surface area is 153 Å². The zero-order valence-electron chi connectivity index (χ0n) is 14.6. The number of hydrogen-bond acceptors (Lipinski definition) is 4. The minimum atomic E-state index is -3.40. The number of benzene rings is 1. The molecule has 1 N–H and O–H groups in total. The van der Waals surface area contributed by atoms with Crippen LogP contribution in [0.15, 0.2) is 51.8 Å². The number of nitrogens with one attached hydrogen (secondary N) is 1. The van der Waals surface area contributed by atoms with E-state index < -0.39 is 10.0 Å². The van der Waals surface area contributed by atoms with E-state index in [0.717, 1.165) is 24.2 Å². The molecule has 138 valence electrons. The normalized spacial score (nSPS) is 15.6. The summed E-state index contributed by atoms with van der Waals surface area (Å²) >= 11 is 0. The molecule has 0 saturated carbocycles. The molecule has 0 atom stereocenters. The summed E-state index contributed by atoms with van der Waals surface area (Å²) < 4.78 is 31.8. The summed E-state index contributed by atoms with van der Waals surface area (Å²) in [6.07, 6.45) is 4.83. The van der Waals surface area contributed by atoms with Gasteiger partial charge in [-0.05, 0) is 55.7 Å². The van der Waals surface area contributed by atoms with E-state index in [-0.39, 0.29) is 5.91 Å². The van der Waals surface area contributed by atoms with Crippen LogP contribution in [0.25, 0.3) is 6.08 Å². The number of amides is 1. The van der Waals surface area contributed by atoms with E-state index in [1.807, 2.05) is 13.0 Å². The van der Waals surface area contributed by atoms with Gasteiger partial charge in [-0.2, -0.15) is 4.31 Å². The maximum atomic E-state index is 12.5. The summed E-state index contributed by atoms with van der Waals surface area (Å²) in [6.45, 7) is 3.33. The second-order valence-corrected chi connectivity index (χ2v) is 8.19. The van der Waals surface area contributed by atoms with Gasteiger partial charge in [0.25, 0.3) is 0 Å². The number of rotatable bonds is 6. The molecule has 26 heavy (non-hydrogen) atoms. The molecule has 0 bridgehead atoms. The lowest BCUT2D eigenvalue weighted by Gasteiger charge is -2.15. The lowest BCUT2D eigenvalue weighted by atomic mass is 10.2. The smallest absolute Gasteiger partial charge is 0.244 e. The van der Waals surface area contributed by atoms with E-state index in [0.29, 0.717) is 30.3 Å². The average Bonchev–Trinajstić information content (AvgIpc) is 3.30. The van der Waals surface area contributed by atoms with Crippen LogP contribution in [0.5, 0.6) is 0 Å². The molecule has 1 fully saturated rings. The van der Waals surface area contributed by atoms with Crippen LogP contribution < -0.4 is 5.32 Å². The highest BCUT2D eigenvalue weighted by Crippen LogP contribution is 2.21. The molecule has 1 saturated heterocycles. The van der Waals surface area contributed by atoms with Crippen molar-refractivity contribution in [3.8, 4) is 0 Å². The molecule has 6 nitrogen and oxygen atoms in total. The van der Waals surface area contributed by atoms with Gasteiger partial charge in [-0.25, -0.2) is 8.42 Å². The summed E-state index contributed by atoms with van der Waals surface area (Å²) in [6, 6.07) is 10.3. The number of carbonyl (C=O) groups excluding carboxylic acids is 1. The number of furan rings is 1. The van der Waals surface area contributed by atoms with Crippen molar-refractivity contribution < 1.29 is 17.6 Å². The first-order valence-corrected chi connectivity index (χ1v) is 10.0. The summed E-state index contributed by atoms with van der Waals surface area (Å²) in [5.41, 5.74) is 0.834. The average molecular weight is 374 g/mol. The Morgan fingerprint density at radius 1 is 1.15 bits per heavy atom. The maximum Gasteiger partial charge on any atom is 0.244 e. The van der Waals surface area contributed by atoms with E-state index in [9.17, 15) is 13.2 Å². The fraction of sp³-hybridized carbons (Fsp3) is 0.316. The largest absolute Gasteiger partial charge is 0.462 e. The number of nitrogens with zero attached hydrogens (tertiary/aromatic N) is 1. The van der Waals surface area contributed by atoms with Crippen LogP contribution in [0.2, 0.25) is 0 Å². The second-order valence-electron chi connectivity index (χ2n) is 6.25. The molecule has 1 aliphatic rings. The summed E-state index contributed by atoms with van der Waals surface area (Å²) in [7, 11) is -3.40. The third kappa shape index (κ3) is 4.42. The van der Waals surface area contributed by atoms with Crippen LogP contribution in [0.3, 0.4) is 0 Å². The van der Waals surface area contributed by atoms with E-state index in [2.05, 4.69) is 5.32 Å². The van der Waals surface area contributed by atoms with Gasteiger partial charge in [0.05, 0.1) is 4.90 Å². The van der Waals surface area contributed by atoms with Crippen LogP contribution in [0, 0.1) is 6.92 Å². The molecule has 0 spiro atoms. The minimum Gasteiger partial charge on any atom is -0.462 e. The Kier molecular flexibility index (Phi) is 5.58. The first kappa shape index (κ1) is 18.4. The predicted molar refractivity (Wildman–Crippen MR) is 98.8 cm³/mol. The monoisotopic (exact) mass is 374 g/mol. The topological polar surface area (TPSA) is 79.6 Å². The van der Waals surface area contributed by atoms with Crippen molar-refractivity contribution in [1.82, 2.24) is 9.62 Å². The zero-order valence-corrected chi connectivity index (χ0v) is 15.5. The summed E-state index contributed by atoms with van der Waals surface area (Å²) in [5, 5.41) is 2.76. The molecule has 1 aliphatic heterocycles. The molecular weight excluding hydrogens is 352 g/mol. The second kappa shape index (κ2) is 7.88. The lowest BCUT2D eigenvalue weighted by molar-refractivity contribution is -0.116. The number of hydrogen-bond donors (Lipinski definition) is 1. The van der Waals surface area contributed by atoms with Crippen LogP contribution in [-0.2, 0) is 21.4 Å². The van der Waals surface area contributed by atoms with Crippen molar-refractivity contribution in [2.24, 2.45) is 0 Å².